The fraction of sp³-hybridized carbons (Fsp3) is 0.200. The molecule has 0 atom stereocenters. The van der Waals surface area contributed by atoms with Gasteiger partial charge >= 0.3 is 6.98 Å². The van der Waals surface area contributed by atoms with Crippen LogP contribution in [0.2, 0.25) is 0 Å². The lowest BCUT2D eigenvalue weighted by molar-refractivity contribution is 0.488. The zero-order valence-electron chi connectivity index (χ0n) is 8.46. The van der Waals surface area contributed by atoms with Crippen molar-refractivity contribution in [3.05, 3.63) is 42.4 Å². The average Bonchev–Trinajstić information content (AvgIpc) is 2.17. The summed E-state index contributed by atoms with van der Waals surface area (Å²) >= 11 is 0. The summed E-state index contributed by atoms with van der Waals surface area (Å²) in [5, 5.41) is 0. The number of anilines is 1. The lowest BCUT2D eigenvalue weighted by atomic mass is 9.80. The third kappa shape index (κ3) is 3.34. The molecule has 0 fully saturated rings. The van der Waals surface area contributed by atoms with Gasteiger partial charge in [-0.3, -0.25) is 0 Å². The minimum absolute atomic E-state index is 0.187. The van der Waals surface area contributed by atoms with E-state index >= 15 is 0 Å². The van der Waals surface area contributed by atoms with E-state index in [4.69, 9.17) is 0 Å². The molecule has 5 heteroatoms. The molecule has 0 spiro atoms. The van der Waals surface area contributed by atoms with Crippen LogP contribution in [0, 0.1) is 0 Å². The number of benzene rings is 1. The highest BCUT2D eigenvalue weighted by Gasteiger charge is 2.27. The lowest BCUT2D eigenvalue weighted by Gasteiger charge is -2.25. The van der Waals surface area contributed by atoms with Gasteiger partial charge in [-0.1, -0.05) is 18.2 Å². The molecule has 82 valence electrons. The molecule has 0 saturated heterocycles. The smallest absolute Gasteiger partial charge is 0.445 e. The maximum Gasteiger partial charge on any atom is 0.506 e. The summed E-state index contributed by atoms with van der Waals surface area (Å²) in [6, 6.07) is 8.91. The summed E-state index contributed by atoms with van der Waals surface area (Å²) in [4.78, 5) is 1.53. The minimum atomic E-state index is -4.94. The second kappa shape index (κ2) is 4.42. The Kier molecular flexibility index (Phi) is 3.45. The highest BCUT2D eigenvalue weighted by Crippen LogP contribution is 2.21. The molecule has 1 rings (SSSR count). The van der Waals surface area contributed by atoms with E-state index < -0.39 is 12.4 Å². The van der Waals surface area contributed by atoms with Crippen LogP contribution in [0.3, 0.4) is 0 Å². The van der Waals surface area contributed by atoms with E-state index in [9.17, 15) is 12.9 Å². The Morgan fingerprint density at radius 1 is 1.27 bits per heavy atom. The Bertz CT molecular complexity index is 334. The van der Waals surface area contributed by atoms with Gasteiger partial charge in [-0.2, -0.15) is 0 Å². The number of nitrogens with zero attached hydrogens (tertiary/aromatic N) is 1. The molecule has 1 nitrogen and oxygen atoms in total. The van der Waals surface area contributed by atoms with Gasteiger partial charge < -0.3 is 17.8 Å². The van der Waals surface area contributed by atoms with Crippen molar-refractivity contribution in [2.24, 2.45) is 0 Å². The highest BCUT2D eigenvalue weighted by atomic mass is 19.4. The van der Waals surface area contributed by atoms with Gasteiger partial charge in [0, 0.05) is 19.3 Å². The van der Waals surface area contributed by atoms with Crippen LogP contribution in [-0.4, -0.2) is 20.6 Å². The molecule has 0 radical (unpaired) electrons. The standard InChI is InChI=1S/C10H12BF3N/c1-9(11(12,13)14)8-15(2)10-6-4-3-5-7-10/h3-7H,1,8H2,2H3/q-1. The molecule has 0 aliphatic heterocycles. The van der Waals surface area contributed by atoms with Crippen LogP contribution in [0.15, 0.2) is 42.4 Å². The third-order valence-corrected chi connectivity index (χ3v) is 2.10. The topological polar surface area (TPSA) is 3.24 Å². The number of halogens is 3. The van der Waals surface area contributed by atoms with Gasteiger partial charge in [-0.25, -0.2) is 0 Å². The number of hydrogen-bond donors (Lipinski definition) is 0. The SMILES string of the molecule is C=C(CN(C)c1ccccc1)[B-](F)(F)F. The Morgan fingerprint density at radius 3 is 2.27 bits per heavy atom. The van der Waals surface area contributed by atoms with Crippen LogP contribution >= 0.6 is 0 Å². The molecule has 15 heavy (non-hydrogen) atoms. The van der Waals surface area contributed by atoms with Crippen LogP contribution < -0.4 is 4.90 Å². The summed E-state index contributed by atoms with van der Waals surface area (Å²) in [6.07, 6.45) is 0. The Hall–Kier alpha value is -1.39. The summed E-state index contributed by atoms with van der Waals surface area (Å²) < 4.78 is 36.8. The van der Waals surface area contributed by atoms with Crippen LogP contribution in [0.4, 0.5) is 18.6 Å². The zero-order valence-corrected chi connectivity index (χ0v) is 8.46. The summed E-state index contributed by atoms with van der Waals surface area (Å²) in [6.45, 7) is -2.07. The molecule has 0 unspecified atom stereocenters. The molecule has 0 amide bonds. The Balaban J connectivity index is 2.65. The number of para-hydroxylation sites is 1. The fourth-order valence-electron chi connectivity index (χ4n) is 1.18. The van der Waals surface area contributed by atoms with Crippen LogP contribution in [0.25, 0.3) is 0 Å². The van der Waals surface area contributed by atoms with E-state index in [0.29, 0.717) is 0 Å². The maximum atomic E-state index is 12.3. The molecule has 0 saturated carbocycles. The Labute approximate surface area is 87.3 Å². The summed E-state index contributed by atoms with van der Waals surface area (Å²) in [5.41, 5.74) is 0.0695. The first kappa shape index (κ1) is 11.7. The summed E-state index contributed by atoms with van der Waals surface area (Å²) in [7, 11) is 1.61. The van der Waals surface area contributed by atoms with Crippen molar-refractivity contribution in [2.45, 2.75) is 0 Å². The first-order valence-electron chi connectivity index (χ1n) is 4.55. The predicted molar refractivity (Wildman–Crippen MR) is 57.9 cm³/mol. The van der Waals surface area contributed by atoms with Crippen molar-refractivity contribution in [3.8, 4) is 0 Å². The third-order valence-electron chi connectivity index (χ3n) is 2.10. The largest absolute Gasteiger partial charge is 0.506 e. The van der Waals surface area contributed by atoms with E-state index in [1.54, 1.807) is 31.3 Å². The second-order valence-corrected chi connectivity index (χ2v) is 3.42. The molecule has 1 aromatic carbocycles. The van der Waals surface area contributed by atoms with Gasteiger partial charge in [0.1, 0.15) is 0 Å². The number of hydrogen-bond acceptors (Lipinski definition) is 1. The van der Waals surface area contributed by atoms with E-state index in [1.165, 1.54) is 4.90 Å². The van der Waals surface area contributed by atoms with Gasteiger partial charge in [0.05, 0.1) is 0 Å². The molecule has 0 bridgehead atoms. The van der Waals surface area contributed by atoms with Gasteiger partial charge in [0.25, 0.3) is 0 Å². The Morgan fingerprint density at radius 2 is 1.80 bits per heavy atom. The van der Waals surface area contributed by atoms with Crippen LogP contribution in [0.1, 0.15) is 0 Å². The predicted octanol–water partition coefficient (Wildman–Crippen LogP) is 3.07. The molecule has 0 aromatic heterocycles. The van der Waals surface area contributed by atoms with Gasteiger partial charge in [0.2, 0.25) is 0 Å². The molecule has 0 aliphatic carbocycles. The summed E-state index contributed by atoms with van der Waals surface area (Å²) in [5.74, 6) is 0. The normalized spacial score (nSPS) is 11.2. The van der Waals surface area contributed by atoms with Gasteiger partial charge in [-0.05, 0) is 12.1 Å². The first-order chi connectivity index (χ1) is 6.91. The van der Waals surface area contributed by atoms with Crippen molar-refractivity contribution in [2.75, 3.05) is 18.5 Å². The maximum absolute atomic E-state index is 12.3. The van der Waals surface area contributed by atoms with Gasteiger partial charge in [0.15, 0.2) is 0 Å². The highest BCUT2D eigenvalue weighted by molar-refractivity contribution is 6.66. The molecule has 0 heterocycles. The van der Waals surface area contributed by atoms with Crippen molar-refractivity contribution < 1.29 is 12.9 Å². The first-order valence-corrected chi connectivity index (χ1v) is 4.55. The van der Waals surface area contributed by atoms with E-state index in [2.05, 4.69) is 6.58 Å². The molecule has 1 aromatic rings. The van der Waals surface area contributed by atoms with Crippen molar-refractivity contribution in [1.82, 2.24) is 0 Å². The van der Waals surface area contributed by atoms with E-state index in [1.807, 2.05) is 6.07 Å². The fourth-order valence-corrected chi connectivity index (χ4v) is 1.18. The number of likely N-dealkylation sites (N-methyl/N-ethyl adjacent to an activating group) is 1. The van der Waals surface area contributed by atoms with Crippen molar-refractivity contribution in [3.63, 3.8) is 0 Å². The number of rotatable bonds is 4. The van der Waals surface area contributed by atoms with Crippen molar-refractivity contribution in [1.29, 1.82) is 0 Å². The monoisotopic (exact) mass is 214 g/mol. The van der Waals surface area contributed by atoms with Gasteiger partial charge in [-0.15, -0.1) is 12.1 Å². The van der Waals surface area contributed by atoms with E-state index in [-0.39, 0.29) is 6.54 Å². The molecular weight excluding hydrogens is 202 g/mol. The molecular formula is C10H12BF3N-. The molecule has 0 N–H and O–H groups in total. The quantitative estimate of drug-likeness (QED) is 0.696. The van der Waals surface area contributed by atoms with Crippen LogP contribution in [0.5, 0.6) is 0 Å². The van der Waals surface area contributed by atoms with Crippen molar-refractivity contribution >= 4 is 12.7 Å². The average molecular weight is 214 g/mol. The van der Waals surface area contributed by atoms with E-state index in [0.717, 1.165) is 5.69 Å². The minimum Gasteiger partial charge on any atom is -0.445 e. The zero-order chi connectivity index (χ0) is 11.5. The lowest BCUT2D eigenvalue weighted by Crippen LogP contribution is -2.30. The molecule has 0 aliphatic rings. The van der Waals surface area contributed by atoms with Crippen LogP contribution in [-0.2, 0) is 0 Å². The second-order valence-electron chi connectivity index (χ2n) is 3.42.